The van der Waals surface area contributed by atoms with Gasteiger partial charge in [0.15, 0.2) is 0 Å². The highest BCUT2D eigenvalue weighted by molar-refractivity contribution is 6.29. The average Bonchev–Trinajstić information content (AvgIpc) is 2.60. The predicted octanol–water partition coefficient (Wildman–Crippen LogP) is 2.95. The van der Waals surface area contributed by atoms with Crippen molar-refractivity contribution in [3.63, 3.8) is 0 Å². The summed E-state index contributed by atoms with van der Waals surface area (Å²) in [6.07, 6.45) is 9.97. The largest absolute Gasteiger partial charge is 0.468 e. The Balaban J connectivity index is 2.49. The Kier molecular flexibility index (Phi) is 5.84. The molecule has 0 aromatic carbocycles. The van der Waals surface area contributed by atoms with Crippen LogP contribution >= 0.6 is 11.6 Å². The fourth-order valence-electron chi connectivity index (χ4n) is 3.10. The number of carbonyl (C=O) groups excluding carboxylic acids is 2. The van der Waals surface area contributed by atoms with E-state index in [1.54, 1.807) is 12.1 Å². The number of ether oxygens (including phenoxy) is 1. The van der Waals surface area contributed by atoms with Crippen LogP contribution in [0.2, 0.25) is 5.15 Å². The molecule has 1 aliphatic rings. The van der Waals surface area contributed by atoms with Gasteiger partial charge in [-0.25, -0.2) is 4.98 Å². The molecule has 2 rings (SSSR count). The third kappa shape index (κ3) is 3.70. The Morgan fingerprint density at radius 2 is 2.21 bits per heavy atom. The third-order valence-electron chi connectivity index (χ3n) is 4.66. The van der Waals surface area contributed by atoms with E-state index in [9.17, 15) is 9.59 Å². The Hall–Kier alpha value is -2.06. The number of amides is 1. The molecule has 1 heterocycles. The highest BCUT2D eigenvalue weighted by Crippen LogP contribution is 2.44. The maximum absolute atomic E-state index is 11.6. The molecule has 0 aliphatic heterocycles. The normalized spacial score (nSPS) is 23.2. The summed E-state index contributed by atoms with van der Waals surface area (Å²) in [5.41, 5.74) is 0.511. The lowest BCUT2D eigenvalue weighted by molar-refractivity contribution is -0.139. The number of carbonyl (C=O) groups is 2. The Bertz CT molecular complexity index is 661. The van der Waals surface area contributed by atoms with E-state index < -0.39 is 11.4 Å². The minimum Gasteiger partial charge on any atom is -0.468 e. The van der Waals surface area contributed by atoms with E-state index in [2.05, 4.69) is 22.6 Å². The number of pyridine rings is 1. The van der Waals surface area contributed by atoms with E-state index >= 15 is 0 Å². The van der Waals surface area contributed by atoms with Gasteiger partial charge in [-0.1, -0.05) is 24.4 Å². The minimum atomic E-state index is -0.579. The van der Waals surface area contributed by atoms with E-state index in [-0.39, 0.29) is 6.54 Å². The second-order valence-corrected chi connectivity index (χ2v) is 6.61. The molecule has 1 aromatic rings. The van der Waals surface area contributed by atoms with Gasteiger partial charge in [0, 0.05) is 0 Å². The van der Waals surface area contributed by atoms with Crippen molar-refractivity contribution in [2.75, 3.05) is 18.6 Å². The number of nitrogens with zero attached hydrogens (tertiary/aromatic N) is 2. The van der Waals surface area contributed by atoms with Gasteiger partial charge in [0.05, 0.1) is 23.9 Å². The molecular weight excluding hydrogens is 328 g/mol. The fourth-order valence-corrected chi connectivity index (χ4v) is 3.25. The van der Waals surface area contributed by atoms with Crippen molar-refractivity contribution in [2.24, 2.45) is 5.92 Å². The smallest absolute Gasteiger partial charge is 0.325 e. The lowest BCUT2D eigenvalue weighted by atomic mass is 9.69. The minimum absolute atomic E-state index is 0.201. The van der Waals surface area contributed by atoms with Crippen LogP contribution in [0.4, 0.5) is 5.69 Å². The van der Waals surface area contributed by atoms with Crippen molar-refractivity contribution in [1.82, 2.24) is 4.98 Å². The van der Waals surface area contributed by atoms with Crippen molar-refractivity contribution >= 4 is 29.7 Å². The van der Waals surface area contributed by atoms with Crippen LogP contribution in [-0.4, -0.2) is 31.0 Å². The first-order valence-corrected chi connectivity index (χ1v) is 8.27. The summed E-state index contributed by atoms with van der Waals surface area (Å²) in [6.45, 7) is 2.00. The first-order valence-electron chi connectivity index (χ1n) is 7.89. The van der Waals surface area contributed by atoms with E-state index in [0.29, 0.717) is 28.9 Å². The standard InChI is InChI=1S/C18H21ClN2O3/c1-4-18(9-7-13(2)8-10-18)17-14(5-6-15(19)20-17)21(12-22)11-16(23)24-3/h1,5-6,12-13H,7-11H2,2-3H3. The van der Waals surface area contributed by atoms with Crippen LogP contribution in [0.3, 0.4) is 0 Å². The molecule has 5 nitrogen and oxygen atoms in total. The molecule has 1 saturated carbocycles. The molecule has 128 valence electrons. The monoisotopic (exact) mass is 348 g/mol. The Morgan fingerprint density at radius 3 is 2.75 bits per heavy atom. The van der Waals surface area contributed by atoms with Gasteiger partial charge < -0.3 is 9.64 Å². The second kappa shape index (κ2) is 7.67. The number of aromatic nitrogens is 1. The maximum Gasteiger partial charge on any atom is 0.325 e. The van der Waals surface area contributed by atoms with E-state index in [1.807, 2.05) is 0 Å². The summed E-state index contributed by atoms with van der Waals surface area (Å²) >= 11 is 6.09. The number of hydrogen-bond donors (Lipinski definition) is 0. The molecule has 0 N–H and O–H groups in total. The molecule has 1 aliphatic carbocycles. The lowest BCUT2D eigenvalue weighted by Gasteiger charge is -2.37. The highest BCUT2D eigenvalue weighted by atomic mass is 35.5. The maximum atomic E-state index is 11.6. The first kappa shape index (κ1) is 18.3. The van der Waals surface area contributed by atoms with Crippen molar-refractivity contribution < 1.29 is 14.3 Å². The number of terminal acetylenes is 1. The van der Waals surface area contributed by atoms with Gasteiger partial charge in [0.1, 0.15) is 11.7 Å². The van der Waals surface area contributed by atoms with E-state index in [4.69, 9.17) is 18.0 Å². The van der Waals surface area contributed by atoms with Crippen molar-refractivity contribution in [1.29, 1.82) is 0 Å². The number of methoxy groups -OCH3 is 1. The molecule has 0 atom stereocenters. The quantitative estimate of drug-likeness (QED) is 0.355. The molecule has 1 amide bonds. The van der Waals surface area contributed by atoms with Crippen LogP contribution in [0.1, 0.15) is 38.3 Å². The molecule has 24 heavy (non-hydrogen) atoms. The molecule has 0 saturated heterocycles. The molecule has 0 spiro atoms. The van der Waals surface area contributed by atoms with Gasteiger partial charge in [-0.3, -0.25) is 9.59 Å². The fraction of sp³-hybridized carbons (Fsp3) is 0.500. The van der Waals surface area contributed by atoms with Crippen LogP contribution in [0, 0.1) is 18.3 Å². The Morgan fingerprint density at radius 1 is 1.54 bits per heavy atom. The van der Waals surface area contributed by atoms with Gasteiger partial charge >= 0.3 is 5.97 Å². The van der Waals surface area contributed by atoms with E-state index in [0.717, 1.165) is 25.7 Å². The zero-order valence-electron chi connectivity index (χ0n) is 13.9. The number of halogens is 1. The van der Waals surface area contributed by atoms with Crippen molar-refractivity contribution in [2.45, 2.75) is 38.0 Å². The SMILES string of the molecule is C#CC1(c2nc(Cl)ccc2N(C=O)CC(=O)OC)CCC(C)CC1. The van der Waals surface area contributed by atoms with Gasteiger partial charge in [-0.05, 0) is 43.7 Å². The van der Waals surface area contributed by atoms with Crippen LogP contribution in [0.15, 0.2) is 12.1 Å². The summed E-state index contributed by atoms with van der Waals surface area (Å²) in [4.78, 5) is 28.8. The van der Waals surface area contributed by atoms with Crippen LogP contribution in [0.5, 0.6) is 0 Å². The van der Waals surface area contributed by atoms with Crippen LogP contribution in [-0.2, 0) is 19.7 Å². The number of esters is 1. The van der Waals surface area contributed by atoms with Gasteiger partial charge in [-0.15, -0.1) is 6.42 Å². The second-order valence-electron chi connectivity index (χ2n) is 6.22. The molecule has 1 fully saturated rings. The zero-order valence-corrected chi connectivity index (χ0v) is 14.7. The van der Waals surface area contributed by atoms with Crippen molar-refractivity contribution in [3.8, 4) is 12.3 Å². The van der Waals surface area contributed by atoms with Gasteiger partial charge in [0.25, 0.3) is 0 Å². The summed E-state index contributed by atoms with van der Waals surface area (Å²) in [6, 6.07) is 3.27. The molecule has 6 heteroatoms. The lowest BCUT2D eigenvalue weighted by Crippen LogP contribution is -2.36. The molecule has 0 unspecified atom stereocenters. The molecule has 0 radical (unpaired) electrons. The molecule has 1 aromatic heterocycles. The summed E-state index contributed by atoms with van der Waals surface area (Å²) in [5, 5.41) is 0.311. The van der Waals surface area contributed by atoms with Gasteiger partial charge in [-0.2, -0.15) is 0 Å². The summed E-state index contributed by atoms with van der Waals surface area (Å²) < 4.78 is 4.65. The highest BCUT2D eigenvalue weighted by Gasteiger charge is 2.38. The zero-order chi connectivity index (χ0) is 17.7. The summed E-state index contributed by atoms with van der Waals surface area (Å²) in [5.74, 6) is 2.97. The van der Waals surface area contributed by atoms with Crippen LogP contribution < -0.4 is 4.90 Å². The van der Waals surface area contributed by atoms with E-state index in [1.165, 1.54) is 12.0 Å². The Labute approximate surface area is 147 Å². The summed E-state index contributed by atoms with van der Waals surface area (Å²) in [7, 11) is 1.28. The molecular formula is C18H21ClN2O3. The topological polar surface area (TPSA) is 59.5 Å². The van der Waals surface area contributed by atoms with Gasteiger partial charge in [0.2, 0.25) is 6.41 Å². The predicted molar refractivity (Wildman–Crippen MR) is 92.8 cm³/mol. The average molecular weight is 349 g/mol. The third-order valence-corrected chi connectivity index (χ3v) is 4.87. The first-order chi connectivity index (χ1) is 11.5. The number of hydrogen-bond acceptors (Lipinski definition) is 4. The number of rotatable bonds is 5. The number of anilines is 1. The van der Waals surface area contributed by atoms with Crippen LogP contribution in [0.25, 0.3) is 0 Å². The molecule has 0 bridgehead atoms. The van der Waals surface area contributed by atoms with Crippen molar-refractivity contribution in [3.05, 3.63) is 23.0 Å².